The van der Waals surface area contributed by atoms with E-state index in [-0.39, 0.29) is 24.7 Å². The van der Waals surface area contributed by atoms with E-state index in [4.69, 9.17) is 20.4 Å². The summed E-state index contributed by atoms with van der Waals surface area (Å²) >= 11 is 0. The maximum absolute atomic E-state index is 11.0. The molecule has 188 valence electrons. The van der Waals surface area contributed by atoms with Crippen molar-refractivity contribution >= 4 is 11.9 Å². The predicted octanol–water partition coefficient (Wildman–Crippen LogP) is 6.41. The molecule has 8 heteroatoms. The van der Waals surface area contributed by atoms with Gasteiger partial charge in [0.25, 0.3) is 0 Å². The summed E-state index contributed by atoms with van der Waals surface area (Å²) in [6, 6.07) is 4.92. The van der Waals surface area contributed by atoms with Gasteiger partial charge in [-0.15, -0.1) is 0 Å². The highest BCUT2D eigenvalue weighted by Gasteiger charge is 2.44. The van der Waals surface area contributed by atoms with Crippen molar-refractivity contribution in [1.82, 2.24) is 0 Å². The van der Waals surface area contributed by atoms with Crippen molar-refractivity contribution in [3.63, 3.8) is 0 Å². The quantitative estimate of drug-likeness (QED) is 0.220. The van der Waals surface area contributed by atoms with Gasteiger partial charge in [-0.2, -0.15) is 20.8 Å². The third kappa shape index (κ3) is 8.08. The molecule has 2 rings (SSSR count). The van der Waals surface area contributed by atoms with Gasteiger partial charge in [-0.05, 0) is 76.0 Å². The Morgan fingerprint density at radius 1 is 0.676 bits per heavy atom. The minimum Gasteiger partial charge on any atom is -0.481 e. The van der Waals surface area contributed by atoms with E-state index in [1.54, 1.807) is 0 Å². The molecule has 34 heavy (non-hydrogen) atoms. The standard InChI is InChI=1S/C26H40N4O4/c27-19-25(17-9-7-15-23(31)32,21-11-3-1-4-12-21)29-30-26(20-28,18-10-8-16-24(33)34)22-13-5-2-6-14-22/h21-22H,1-18H2,(H,31,32)(H,33,34). The van der Waals surface area contributed by atoms with Gasteiger partial charge in [0.2, 0.25) is 0 Å². The van der Waals surface area contributed by atoms with Gasteiger partial charge in [-0.3, -0.25) is 9.59 Å². The number of carbonyl (C=O) groups is 2. The molecule has 8 nitrogen and oxygen atoms in total. The van der Waals surface area contributed by atoms with E-state index in [2.05, 4.69) is 12.1 Å². The third-order valence-corrected chi connectivity index (χ3v) is 7.75. The van der Waals surface area contributed by atoms with E-state index in [0.29, 0.717) is 38.5 Å². The summed E-state index contributed by atoms with van der Waals surface area (Å²) in [5.74, 6) is -1.56. The molecule has 0 radical (unpaired) electrons. The van der Waals surface area contributed by atoms with Crippen LogP contribution in [0.2, 0.25) is 0 Å². The Labute approximate surface area is 203 Å². The van der Waals surface area contributed by atoms with Crippen LogP contribution in [0.4, 0.5) is 0 Å². The molecular formula is C26H40N4O4. The van der Waals surface area contributed by atoms with Gasteiger partial charge in [-0.1, -0.05) is 38.5 Å². The minimum atomic E-state index is -1.03. The molecule has 0 aliphatic heterocycles. The first kappa shape index (κ1) is 27.8. The van der Waals surface area contributed by atoms with E-state index in [0.717, 1.165) is 64.2 Å². The van der Waals surface area contributed by atoms with Crippen molar-refractivity contribution in [3.8, 4) is 12.1 Å². The monoisotopic (exact) mass is 472 g/mol. The second-order valence-corrected chi connectivity index (χ2v) is 10.1. The third-order valence-electron chi connectivity index (χ3n) is 7.75. The summed E-state index contributed by atoms with van der Waals surface area (Å²) in [6.45, 7) is 0. The van der Waals surface area contributed by atoms with Gasteiger partial charge in [0.05, 0.1) is 12.1 Å². The molecule has 0 heterocycles. The van der Waals surface area contributed by atoms with Gasteiger partial charge < -0.3 is 10.2 Å². The highest BCUT2D eigenvalue weighted by Crippen LogP contribution is 2.42. The fourth-order valence-electron chi connectivity index (χ4n) is 5.69. The number of nitriles is 2. The van der Waals surface area contributed by atoms with Crippen LogP contribution in [-0.4, -0.2) is 33.2 Å². The molecule has 2 aliphatic carbocycles. The summed E-state index contributed by atoms with van der Waals surface area (Å²) < 4.78 is 0. The SMILES string of the molecule is N#CC(CCCCC(=O)O)(N=NC(C#N)(CCCCC(=O)O)C1CCCCC1)C1CCCCC1. The molecule has 0 amide bonds. The summed E-state index contributed by atoms with van der Waals surface area (Å²) in [6.07, 6.45) is 13.2. The molecule has 2 aliphatic rings. The van der Waals surface area contributed by atoms with Crippen molar-refractivity contribution < 1.29 is 19.8 Å². The predicted molar refractivity (Wildman–Crippen MR) is 127 cm³/mol. The molecule has 2 unspecified atom stereocenters. The van der Waals surface area contributed by atoms with Crippen LogP contribution in [0.25, 0.3) is 0 Å². The van der Waals surface area contributed by atoms with Crippen LogP contribution >= 0.6 is 0 Å². The number of nitrogens with zero attached hydrogens (tertiary/aromatic N) is 4. The smallest absolute Gasteiger partial charge is 0.303 e. The van der Waals surface area contributed by atoms with Crippen LogP contribution in [0.3, 0.4) is 0 Å². The second-order valence-electron chi connectivity index (χ2n) is 10.1. The Kier molecular flexibility index (Phi) is 11.5. The van der Waals surface area contributed by atoms with Crippen LogP contribution < -0.4 is 0 Å². The topological polar surface area (TPSA) is 147 Å². The van der Waals surface area contributed by atoms with Gasteiger partial charge >= 0.3 is 11.9 Å². The van der Waals surface area contributed by atoms with Crippen molar-refractivity contribution in [2.24, 2.45) is 22.1 Å². The normalized spacial score (nSPS) is 21.2. The van der Waals surface area contributed by atoms with Crippen molar-refractivity contribution in [2.45, 2.75) is 127 Å². The molecule has 2 fully saturated rings. The number of aliphatic carboxylic acids is 2. The summed E-state index contributed by atoms with van der Waals surface area (Å²) in [7, 11) is 0. The van der Waals surface area contributed by atoms with E-state index in [9.17, 15) is 20.1 Å². The highest BCUT2D eigenvalue weighted by atomic mass is 16.4. The Morgan fingerprint density at radius 2 is 1.03 bits per heavy atom. The van der Waals surface area contributed by atoms with E-state index >= 15 is 0 Å². The average Bonchev–Trinajstić information content (AvgIpc) is 2.86. The maximum Gasteiger partial charge on any atom is 0.303 e. The lowest BCUT2D eigenvalue weighted by Gasteiger charge is -2.37. The first-order chi connectivity index (χ1) is 16.4. The van der Waals surface area contributed by atoms with Gasteiger partial charge in [0.15, 0.2) is 11.1 Å². The zero-order valence-corrected chi connectivity index (χ0v) is 20.4. The van der Waals surface area contributed by atoms with Crippen LogP contribution in [0.5, 0.6) is 0 Å². The van der Waals surface area contributed by atoms with E-state index in [1.807, 2.05) is 0 Å². The van der Waals surface area contributed by atoms with E-state index < -0.39 is 23.0 Å². The number of hydrogen-bond donors (Lipinski definition) is 2. The van der Waals surface area contributed by atoms with Crippen LogP contribution in [0, 0.1) is 34.5 Å². The van der Waals surface area contributed by atoms with Gasteiger partial charge in [0, 0.05) is 12.8 Å². The number of unbranched alkanes of at least 4 members (excludes halogenated alkanes) is 2. The Morgan fingerprint density at radius 3 is 1.32 bits per heavy atom. The number of hydrogen-bond acceptors (Lipinski definition) is 6. The van der Waals surface area contributed by atoms with Crippen LogP contribution in [0.1, 0.15) is 116 Å². The van der Waals surface area contributed by atoms with Crippen molar-refractivity contribution in [2.75, 3.05) is 0 Å². The molecule has 0 saturated heterocycles. The van der Waals surface area contributed by atoms with E-state index in [1.165, 1.54) is 0 Å². The molecule has 0 aromatic heterocycles. The summed E-state index contributed by atoms with van der Waals surface area (Å²) in [4.78, 5) is 21.9. The van der Waals surface area contributed by atoms with Crippen LogP contribution in [0.15, 0.2) is 10.2 Å². The molecular weight excluding hydrogens is 432 g/mol. The molecule has 0 spiro atoms. The minimum absolute atomic E-state index is 0.0644. The lowest BCUT2D eigenvalue weighted by Crippen LogP contribution is -2.39. The molecule has 2 atom stereocenters. The first-order valence-electron chi connectivity index (χ1n) is 13.1. The fraction of sp³-hybridized carbons (Fsp3) is 0.846. The molecule has 0 aromatic carbocycles. The zero-order chi connectivity index (χ0) is 24.9. The fourth-order valence-corrected chi connectivity index (χ4v) is 5.69. The number of carboxylic acid groups (broad SMARTS) is 2. The van der Waals surface area contributed by atoms with Crippen LogP contribution in [-0.2, 0) is 9.59 Å². The number of azo groups is 1. The molecule has 0 bridgehead atoms. The highest BCUT2D eigenvalue weighted by molar-refractivity contribution is 5.66. The Balaban J connectivity index is 2.30. The summed E-state index contributed by atoms with van der Waals surface area (Å²) in [5.41, 5.74) is -2.06. The lowest BCUT2D eigenvalue weighted by molar-refractivity contribution is -0.138. The Hall–Kier alpha value is -2.48. The number of carboxylic acids is 2. The first-order valence-corrected chi connectivity index (χ1v) is 13.1. The maximum atomic E-state index is 11.0. The average molecular weight is 473 g/mol. The zero-order valence-electron chi connectivity index (χ0n) is 20.4. The molecule has 0 aromatic rings. The largest absolute Gasteiger partial charge is 0.481 e. The number of rotatable bonds is 14. The van der Waals surface area contributed by atoms with Gasteiger partial charge in [0.1, 0.15) is 0 Å². The lowest BCUT2D eigenvalue weighted by atomic mass is 9.72. The molecule has 2 saturated carbocycles. The Bertz CT molecular complexity index is 711. The van der Waals surface area contributed by atoms with Crippen molar-refractivity contribution in [1.29, 1.82) is 10.5 Å². The molecule has 2 N–H and O–H groups in total. The van der Waals surface area contributed by atoms with Gasteiger partial charge in [-0.25, -0.2) is 0 Å². The second kappa shape index (κ2) is 14.0. The summed E-state index contributed by atoms with van der Waals surface area (Å²) in [5, 5.41) is 48.1. The van der Waals surface area contributed by atoms with Crippen molar-refractivity contribution in [3.05, 3.63) is 0 Å².